The molecular formula is C18H23NO3S. The zero-order valence-electron chi connectivity index (χ0n) is 14.1. The van der Waals surface area contributed by atoms with Gasteiger partial charge in [0.1, 0.15) is 0 Å². The van der Waals surface area contributed by atoms with E-state index in [1.165, 1.54) is 10.4 Å². The van der Waals surface area contributed by atoms with E-state index >= 15 is 0 Å². The number of rotatable bonds is 7. The molecule has 0 saturated carbocycles. The van der Waals surface area contributed by atoms with E-state index in [1.807, 2.05) is 25.2 Å². The number of thiophene rings is 1. The predicted octanol–water partition coefficient (Wildman–Crippen LogP) is 3.66. The van der Waals surface area contributed by atoms with Gasteiger partial charge in [-0.05, 0) is 48.1 Å². The number of ether oxygens (including phenoxy) is 2. The highest BCUT2D eigenvalue weighted by Crippen LogP contribution is 2.28. The van der Waals surface area contributed by atoms with Gasteiger partial charge < -0.3 is 14.4 Å². The summed E-state index contributed by atoms with van der Waals surface area (Å²) in [7, 11) is 5.09. The Morgan fingerprint density at radius 3 is 2.52 bits per heavy atom. The smallest absolute Gasteiger partial charge is 0.222 e. The second kappa shape index (κ2) is 8.02. The number of nitrogens with zero attached hydrogens (tertiary/aromatic N) is 1. The van der Waals surface area contributed by atoms with Crippen LogP contribution < -0.4 is 9.47 Å². The van der Waals surface area contributed by atoms with Crippen LogP contribution in [-0.4, -0.2) is 32.1 Å². The number of carbonyl (C=O) groups excluding carboxylic acids is 1. The first-order chi connectivity index (χ1) is 11.0. The van der Waals surface area contributed by atoms with E-state index in [-0.39, 0.29) is 5.91 Å². The van der Waals surface area contributed by atoms with Crippen LogP contribution >= 0.6 is 11.3 Å². The highest BCUT2D eigenvalue weighted by atomic mass is 32.1. The quantitative estimate of drug-likeness (QED) is 0.776. The molecule has 0 aliphatic heterocycles. The van der Waals surface area contributed by atoms with E-state index in [0.717, 1.165) is 5.56 Å². The van der Waals surface area contributed by atoms with Gasteiger partial charge in [-0.1, -0.05) is 6.07 Å². The SMILES string of the molecule is COc1ccc(CCC(=O)N(C)Cc2sccc2C)cc1OC. The summed E-state index contributed by atoms with van der Waals surface area (Å²) in [5.41, 5.74) is 2.31. The van der Waals surface area contributed by atoms with E-state index in [4.69, 9.17) is 9.47 Å². The molecule has 5 heteroatoms. The van der Waals surface area contributed by atoms with Crippen molar-refractivity contribution in [3.8, 4) is 11.5 Å². The normalized spacial score (nSPS) is 10.4. The Kier molecular flexibility index (Phi) is 6.04. The van der Waals surface area contributed by atoms with E-state index in [1.54, 1.807) is 30.5 Å². The van der Waals surface area contributed by atoms with Crippen LogP contribution in [0.1, 0.15) is 22.4 Å². The zero-order valence-corrected chi connectivity index (χ0v) is 14.9. The van der Waals surface area contributed by atoms with Crippen LogP contribution in [0.4, 0.5) is 0 Å². The molecule has 0 atom stereocenters. The Balaban J connectivity index is 1.92. The van der Waals surface area contributed by atoms with Crippen molar-refractivity contribution < 1.29 is 14.3 Å². The third kappa shape index (κ3) is 4.48. The number of amides is 1. The van der Waals surface area contributed by atoms with Gasteiger partial charge in [0.2, 0.25) is 5.91 Å². The molecule has 0 saturated heterocycles. The third-order valence-corrected chi connectivity index (χ3v) is 4.86. The Morgan fingerprint density at radius 1 is 1.17 bits per heavy atom. The molecule has 1 heterocycles. The summed E-state index contributed by atoms with van der Waals surface area (Å²) in [4.78, 5) is 15.3. The summed E-state index contributed by atoms with van der Waals surface area (Å²) in [5.74, 6) is 1.54. The van der Waals surface area contributed by atoms with Gasteiger partial charge >= 0.3 is 0 Å². The third-order valence-electron chi connectivity index (χ3n) is 3.85. The molecule has 0 fully saturated rings. The summed E-state index contributed by atoms with van der Waals surface area (Å²) >= 11 is 1.69. The lowest BCUT2D eigenvalue weighted by molar-refractivity contribution is -0.130. The Hall–Kier alpha value is -2.01. The lowest BCUT2D eigenvalue weighted by Gasteiger charge is -2.17. The van der Waals surface area contributed by atoms with Gasteiger partial charge in [0.05, 0.1) is 20.8 Å². The van der Waals surface area contributed by atoms with Crippen LogP contribution in [0.3, 0.4) is 0 Å². The molecule has 0 aliphatic rings. The lowest BCUT2D eigenvalue weighted by Crippen LogP contribution is -2.26. The van der Waals surface area contributed by atoms with E-state index < -0.39 is 0 Å². The zero-order chi connectivity index (χ0) is 16.8. The number of aryl methyl sites for hydroxylation is 2. The fraction of sp³-hybridized carbons (Fsp3) is 0.389. The molecule has 2 aromatic rings. The van der Waals surface area contributed by atoms with Crippen molar-refractivity contribution in [2.75, 3.05) is 21.3 Å². The molecule has 0 aliphatic carbocycles. The van der Waals surface area contributed by atoms with Gasteiger partial charge in [0.15, 0.2) is 11.5 Å². The van der Waals surface area contributed by atoms with Crippen LogP contribution in [-0.2, 0) is 17.8 Å². The summed E-state index contributed by atoms with van der Waals surface area (Å²) in [6.07, 6.45) is 1.17. The first kappa shape index (κ1) is 17.3. The first-order valence-corrected chi connectivity index (χ1v) is 8.41. The number of hydrogen-bond acceptors (Lipinski definition) is 4. The van der Waals surface area contributed by atoms with Crippen molar-refractivity contribution in [1.82, 2.24) is 4.90 Å². The van der Waals surface area contributed by atoms with Gasteiger partial charge in [-0.2, -0.15) is 0 Å². The molecule has 1 aromatic carbocycles. The van der Waals surface area contributed by atoms with Crippen molar-refractivity contribution in [3.05, 3.63) is 45.6 Å². The molecule has 4 nitrogen and oxygen atoms in total. The minimum Gasteiger partial charge on any atom is -0.493 e. The van der Waals surface area contributed by atoms with Crippen LogP contribution in [0.5, 0.6) is 11.5 Å². The Bertz CT molecular complexity index is 666. The van der Waals surface area contributed by atoms with Crippen LogP contribution in [0, 0.1) is 6.92 Å². The maximum absolute atomic E-state index is 12.3. The first-order valence-electron chi connectivity index (χ1n) is 7.53. The molecule has 1 amide bonds. The van der Waals surface area contributed by atoms with E-state index in [9.17, 15) is 4.79 Å². The standard InChI is InChI=1S/C18H23NO3S/c1-13-9-10-23-17(13)12-19(2)18(20)8-6-14-5-7-15(21-3)16(11-14)22-4/h5,7,9-11H,6,8,12H2,1-4H3. The topological polar surface area (TPSA) is 38.8 Å². The van der Waals surface area contributed by atoms with Crippen molar-refractivity contribution in [1.29, 1.82) is 0 Å². The van der Waals surface area contributed by atoms with Gasteiger partial charge in [0, 0.05) is 18.3 Å². The summed E-state index contributed by atoms with van der Waals surface area (Å²) in [6.45, 7) is 2.75. The average Bonchev–Trinajstić information content (AvgIpc) is 2.97. The van der Waals surface area contributed by atoms with E-state index in [2.05, 4.69) is 18.4 Å². The fourth-order valence-corrected chi connectivity index (χ4v) is 3.31. The number of carbonyl (C=O) groups is 1. The molecule has 1 aromatic heterocycles. The van der Waals surface area contributed by atoms with Gasteiger partial charge in [-0.15, -0.1) is 11.3 Å². The summed E-state index contributed by atoms with van der Waals surface area (Å²) in [6, 6.07) is 7.85. The molecule has 0 bridgehead atoms. The largest absolute Gasteiger partial charge is 0.493 e. The van der Waals surface area contributed by atoms with Gasteiger partial charge in [-0.3, -0.25) is 4.79 Å². The molecule has 2 rings (SSSR count). The van der Waals surface area contributed by atoms with Crippen LogP contribution in [0.15, 0.2) is 29.6 Å². The van der Waals surface area contributed by atoms with Crippen LogP contribution in [0.2, 0.25) is 0 Å². The number of hydrogen-bond donors (Lipinski definition) is 0. The minimum absolute atomic E-state index is 0.146. The molecule has 0 spiro atoms. The maximum atomic E-state index is 12.3. The number of benzene rings is 1. The molecule has 0 unspecified atom stereocenters. The maximum Gasteiger partial charge on any atom is 0.222 e. The van der Waals surface area contributed by atoms with Crippen molar-refractivity contribution in [2.24, 2.45) is 0 Å². The molecule has 124 valence electrons. The van der Waals surface area contributed by atoms with Crippen molar-refractivity contribution in [3.63, 3.8) is 0 Å². The Morgan fingerprint density at radius 2 is 1.91 bits per heavy atom. The van der Waals surface area contributed by atoms with Crippen LogP contribution in [0.25, 0.3) is 0 Å². The van der Waals surface area contributed by atoms with Gasteiger partial charge in [0.25, 0.3) is 0 Å². The average molecular weight is 333 g/mol. The predicted molar refractivity (Wildman–Crippen MR) is 93.4 cm³/mol. The van der Waals surface area contributed by atoms with Crippen molar-refractivity contribution in [2.45, 2.75) is 26.3 Å². The summed E-state index contributed by atoms with van der Waals surface area (Å²) in [5, 5.41) is 2.06. The van der Waals surface area contributed by atoms with Crippen molar-refractivity contribution >= 4 is 17.2 Å². The monoisotopic (exact) mass is 333 g/mol. The highest BCUT2D eigenvalue weighted by Gasteiger charge is 2.12. The number of methoxy groups -OCH3 is 2. The fourth-order valence-electron chi connectivity index (χ4n) is 2.35. The van der Waals surface area contributed by atoms with E-state index in [0.29, 0.717) is 30.9 Å². The second-order valence-corrected chi connectivity index (χ2v) is 6.47. The molecule has 23 heavy (non-hydrogen) atoms. The Labute approximate surface area is 141 Å². The molecule has 0 N–H and O–H groups in total. The highest BCUT2D eigenvalue weighted by molar-refractivity contribution is 7.10. The minimum atomic E-state index is 0.146. The van der Waals surface area contributed by atoms with Gasteiger partial charge in [-0.25, -0.2) is 0 Å². The molecular weight excluding hydrogens is 310 g/mol. The summed E-state index contributed by atoms with van der Waals surface area (Å²) < 4.78 is 10.5. The molecule has 0 radical (unpaired) electrons. The lowest BCUT2D eigenvalue weighted by atomic mass is 10.1. The second-order valence-electron chi connectivity index (χ2n) is 5.47.